The number of aryl methyl sites for hydroxylation is 2. The molecule has 0 aliphatic carbocycles. The van der Waals surface area contributed by atoms with Gasteiger partial charge in [-0.15, -0.1) is 0 Å². The molecule has 2 amide bonds. The van der Waals surface area contributed by atoms with E-state index in [0.29, 0.717) is 18.7 Å². The number of aliphatic hydroxyl groups excluding tert-OH is 1. The first-order chi connectivity index (χ1) is 12.3. The zero-order valence-electron chi connectivity index (χ0n) is 14.6. The van der Waals surface area contributed by atoms with Gasteiger partial charge in [-0.1, -0.05) is 11.2 Å². The fourth-order valence-corrected chi connectivity index (χ4v) is 2.99. The third-order valence-electron chi connectivity index (χ3n) is 4.43. The van der Waals surface area contributed by atoms with E-state index in [1.165, 1.54) is 17.0 Å². The number of benzene rings is 1. The molecule has 2 atom stereocenters. The molecule has 3 N–H and O–H groups in total. The van der Waals surface area contributed by atoms with Crippen LogP contribution in [0.15, 0.2) is 28.8 Å². The quantitative estimate of drug-likeness (QED) is 0.753. The Morgan fingerprint density at radius 2 is 2.08 bits per heavy atom. The molecule has 0 bridgehead atoms. The number of aromatic hydroxyl groups is 1. The van der Waals surface area contributed by atoms with Crippen LogP contribution >= 0.6 is 0 Å². The van der Waals surface area contributed by atoms with E-state index in [1.54, 1.807) is 19.1 Å². The van der Waals surface area contributed by atoms with Crippen molar-refractivity contribution in [3.8, 4) is 5.75 Å². The molecule has 138 valence electrons. The zero-order chi connectivity index (χ0) is 18.8. The Morgan fingerprint density at radius 1 is 1.31 bits per heavy atom. The van der Waals surface area contributed by atoms with Gasteiger partial charge < -0.3 is 25.0 Å². The maximum absolute atomic E-state index is 12.6. The summed E-state index contributed by atoms with van der Waals surface area (Å²) in [6, 6.07) is 5.86. The summed E-state index contributed by atoms with van der Waals surface area (Å²) in [5, 5.41) is 26.7. The summed E-state index contributed by atoms with van der Waals surface area (Å²) in [5.41, 5.74) is 1.20. The largest absolute Gasteiger partial charge is 0.507 e. The summed E-state index contributed by atoms with van der Waals surface area (Å²) in [7, 11) is 0. The van der Waals surface area contributed by atoms with E-state index in [4.69, 9.17) is 4.52 Å². The van der Waals surface area contributed by atoms with Crippen LogP contribution < -0.4 is 5.32 Å². The molecular formula is C18H21N3O5. The van der Waals surface area contributed by atoms with Gasteiger partial charge in [0.2, 0.25) is 0 Å². The van der Waals surface area contributed by atoms with Crippen LogP contribution in [0, 0.1) is 13.8 Å². The van der Waals surface area contributed by atoms with Crippen LogP contribution in [0.5, 0.6) is 5.75 Å². The minimum Gasteiger partial charge on any atom is -0.507 e. The van der Waals surface area contributed by atoms with Crippen LogP contribution in [0.1, 0.15) is 38.6 Å². The molecule has 2 heterocycles. The first-order valence-electron chi connectivity index (χ1n) is 8.36. The van der Waals surface area contributed by atoms with Gasteiger partial charge in [0.1, 0.15) is 11.5 Å². The predicted molar refractivity (Wildman–Crippen MR) is 91.9 cm³/mol. The number of phenols is 1. The number of amides is 2. The molecule has 1 aliphatic heterocycles. The highest BCUT2D eigenvalue weighted by molar-refractivity contribution is 5.97. The van der Waals surface area contributed by atoms with Crippen LogP contribution in [0.3, 0.4) is 0 Å². The first kappa shape index (κ1) is 17.9. The lowest BCUT2D eigenvalue weighted by Crippen LogP contribution is -2.55. The minimum absolute atomic E-state index is 0.0644. The van der Waals surface area contributed by atoms with Crippen molar-refractivity contribution < 1.29 is 24.3 Å². The van der Waals surface area contributed by atoms with Gasteiger partial charge in [0.15, 0.2) is 5.69 Å². The molecule has 0 saturated carbocycles. The lowest BCUT2D eigenvalue weighted by atomic mass is 10.00. The van der Waals surface area contributed by atoms with E-state index in [9.17, 15) is 19.8 Å². The monoisotopic (exact) mass is 359 g/mol. The van der Waals surface area contributed by atoms with Gasteiger partial charge >= 0.3 is 0 Å². The lowest BCUT2D eigenvalue weighted by molar-refractivity contribution is 0.0312. The molecule has 1 aromatic carbocycles. The van der Waals surface area contributed by atoms with Crippen molar-refractivity contribution in [2.75, 3.05) is 13.1 Å². The van der Waals surface area contributed by atoms with Crippen molar-refractivity contribution in [2.45, 2.75) is 32.4 Å². The minimum atomic E-state index is -0.919. The second-order valence-corrected chi connectivity index (χ2v) is 6.53. The number of carbonyl (C=O) groups excluding carboxylic acids is 2. The second kappa shape index (κ2) is 7.17. The summed E-state index contributed by atoms with van der Waals surface area (Å²) >= 11 is 0. The molecule has 3 rings (SSSR count). The third-order valence-corrected chi connectivity index (χ3v) is 4.43. The number of piperidine rings is 1. The molecule has 1 aliphatic rings. The van der Waals surface area contributed by atoms with Crippen LogP contribution in [0.2, 0.25) is 0 Å². The van der Waals surface area contributed by atoms with Crippen molar-refractivity contribution >= 4 is 11.8 Å². The van der Waals surface area contributed by atoms with Gasteiger partial charge in [0.05, 0.1) is 17.7 Å². The standard InChI is InChI=1S/C18H21N3O5/c1-10-3-4-12(15(22)7-10)18(25)21-6-5-13(16(23)9-21)19-17(24)14-8-11(2)26-20-14/h3-4,7-8,13,16,22-23H,5-6,9H2,1-2H3,(H,19,24)/t13-,16-/m1/s1. The second-order valence-electron chi connectivity index (χ2n) is 6.53. The summed E-state index contributed by atoms with van der Waals surface area (Å²) < 4.78 is 4.87. The van der Waals surface area contributed by atoms with Crippen LogP contribution in [-0.4, -0.2) is 57.3 Å². The topological polar surface area (TPSA) is 116 Å². The maximum atomic E-state index is 12.6. The average molecular weight is 359 g/mol. The van der Waals surface area contributed by atoms with Gasteiger partial charge in [-0.2, -0.15) is 0 Å². The maximum Gasteiger partial charge on any atom is 0.273 e. The predicted octanol–water partition coefficient (Wildman–Crippen LogP) is 1.00. The molecule has 8 nitrogen and oxygen atoms in total. The number of aliphatic hydroxyl groups is 1. The number of β-amino-alcohol motifs (C(OH)–C–C–N with tert-alkyl or cyclic N) is 1. The smallest absolute Gasteiger partial charge is 0.273 e. The molecule has 0 spiro atoms. The molecule has 1 saturated heterocycles. The van der Waals surface area contributed by atoms with Crippen LogP contribution in [0.25, 0.3) is 0 Å². The number of nitrogens with one attached hydrogen (secondary N) is 1. The molecular weight excluding hydrogens is 338 g/mol. The molecule has 0 unspecified atom stereocenters. The molecule has 8 heteroatoms. The Hall–Kier alpha value is -2.87. The normalized spacial score (nSPS) is 20.0. The number of carbonyl (C=O) groups is 2. The molecule has 2 aromatic rings. The average Bonchev–Trinajstić information content (AvgIpc) is 3.02. The number of hydrogen-bond acceptors (Lipinski definition) is 6. The fraction of sp³-hybridized carbons (Fsp3) is 0.389. The van der Waals surface area contributed by atoms with Crippen LogP contribution in [-0.2, 0) is 0 Å². The fourth-order valence-electron chi connectivity index (χ4n) is 2.99. The van der Waals surface area contributed by atoms with Crippen LogP contribution in [0.4, 0.5) is 0 Å². The number of aromatic nitrogens is 1. The lowest BCUT2D eigenvalue weighted by Gasteiger charge is -2.36. The summed E-state index contributed by atoms with van der Waals surface area (Å²) in [6.07, 6.45) is -0.528. The van der Waals surface area contributed by atoms with E-state index in [-0.39, 0.29) is 29.5 Å². The summed E-state index contributed by atoms with van der Waals surface area (Å²) in [5.74, 6) is -0.337. The van der Waals surface area contributed by atoms with Gasteiger partial charge in [-0.3, -0.25) is 9.59 Å². The zero-order valence-corrected chi connectivity index (χ0v) is 14.6. The molecule has 26 heavy (non-hydrogen) atoms. The van der Waals surface area contributed by atoms with Gasteiger partial charge in [-0.05, 0) is 38.0 Å². The Kier molecular flexibility index (Phi) is 4.94. The molecule has 1 fully saturated rings. The number of rotatable bonds is 3. The number of hydrogen-bond donors (Lipinski definition) is 3. The summed E-state index contributed by atoms with van der Waals surface area (Å²) in [4.78, 5) is 26.2. The van der Waals surface area contributed by atoms with E-state index < -0.39 is 18.1 Å². The van der Waals surface area contributed by atoms with E-state index in [1.807, 2.05) is 6.92 Å². The highest BCUT2D eigenvalue weighted by atomic mass is 16.5. The summed E-state index contributed by atoms with van der Waals surface area (Å²) in [6.45, 7) is 3.92. The third kappa shape index (κ3) is 3.70. The van der Waals surface area contributed by atoms with Gasteiger partial charge in [0.25, 0.3) is 11.8 Å². The van der Waals surface area contributed by atoms with Crippen molar-refractivity contribution in [3.63, 3.8) is 0 Å². The van der Waals surface area contributed by atoms with E-state index in [0.717, 1.165) is 5.56 Å². The van der Waals surface area contributed by atoms with Crippen molar-refractivity contribution in [1.82, 2.24) is 15.4 Å². The molecule has 0 radical (unpaired) electrons. The Labute approximate surface area is 150 Å². The van der Waals surface area contributed by atoms with E-state index >= 15 is 0 Å². The Balaban J connectivity index is 1.62. The first-order valence-corrected chi connectivity index (χ1v) is 8.36. The van der Waals surface area contributed by atoms with Crippen molar-refractivity contribution in [3.05, 3.63) is 46.8 Å². The van der Waals surface area contributed by atoms with Gasteiger partial charge in [0, 0.05) is 19.2 Å². The highest BCUT2D eigenvalue weighted by Crippen LogP contribution is 2.22. The SMILES string of the molecule is Cc1ccc(C(=O)N2CC[C@@H](NC(=O)c3cc(C)on3)[C@H](O)C2)c(O)c1. The van der Waals surface area contributed by atoms with Gasteiger partial charge in [-0.25, -0.2) is 0 Å². The number of nitrogens with zero attached hydrogens (tertiary/aromatic N) is 2. The Morgan fingerprint density at radius 3 is 2.69 bits per heavy atom. The number of phenolic OH excluding ortho intramolecular Hbond substituents is 1. The molecule has 1 aromatic heterocycles. The van der Waals surface area contributed by atoms with Crippen molar-refractivity contribution in [1.29, 1.82) is 0 Å². The highest BCUT2D eigenvalue weighted by Gasteiger charge is 2.32. The van der Waals surface area contributed by atoms with E-state index in [2.05, 4.69) is 10.5 Å². The number of likely N-dealkylation sites (tertiary alicyclic amines) is 1. The van der Waals surface area contributed by atoms with Crippen molar-refractivity contribution in [2.24, 2.45) is 0 Å². The Bertz CT molecular complexity index is 832.